The van der Waals surface area contributed by atoms with Crippen LogP contribution in [0.25, 0.3) is 0 Å². The van der Waals surface area contributed by atoms with Crippen molar-refractivity contribution in [3.8, 4) is 11.5 Å². The molecule has 3 rings (SSSR count). The first kappa shape index (κ1) is 20.2. The highest BCUT2D eigenvalue weighted by atomic mass is 16.5. The molecule has 0 spiro atoms. The zero-order chi connectivity index (χ0) is 19.8. The number of carbonyl (C=O) groups excluding carboxylic acids is 1. The van der Waals surface area contributed by atoms with Gasteiger partial charge in [0, 0.05) is 24.4 Å². The minimum absolute atomic E-state index is 0.196. The minimum Gasteiger partial charge on any atom is -0.487 e. The molecule has 1 aromatic carbocycles. The van der Waals surface area contributed by atoms with E-state index in [-0.39, 0.29) is 17.6 Å². The molecule has 0 bridgehead atoms. The van der Waals surface area contributed by atoms with Crippen molar-refractivity contribution < 1.29 is 14.3 Å². The Labute approximate surface area is 163 Å². The van der Waals surface area contributed by atoms with Gasteiger partial charge in [0.15, 0.2) is 0 Å². The number of rotatable bonds is 5. The van der Waals surface area contributed by atoms with Gasteiger partial charge in [-0.15, -0.1) is 0 Å². The van der Waals surface area contributed by atoms with E-state index in [9.17, 15) is 4.79 Å². The van der Waals surface area contributed by atoms with Gasteiger partial charge in [-0.3, -0.25) is 4.79 Å². The Morgan fingerprint density at radius 2 is 2.04 bits per heavy atom. The average Bonchev–Trinajstić information content (AvgIpc) is 2.55. The number of unbranched alkanes of at least 4 members (excludes halogenated alkanes) is 2. The lowest BCUT2D eigenvalue weighted by atomic mass is 9.62. The maximum absolute atomic E-state index is 11.8. The summed E-state index contributed by atoms with van der Waals surface area (Å²) in [5.74, 6) is 2.41. The molecule has 0 saturated heterocycles. The zero-order valence-electron chi connectivity index (χ0n) is 17.5. The summed E-state index contributed by atoms with van der Waals surface area (Å²) in [7, 11) is 0. The normalized spacial score (nSPS) is 28.7. The largest absolute Gasteiger partial charge is 0.487 e. The van der Waals surface area contributed by atoms with Crippen LogP contribution in [0, 0.1) is 11.8 Å². The molecule has 1 saturated carbocycles. The fourth-order valence-corrected chi connectivity index (χ4v) is 4.94. The average molecular weight is 374 g/mol. The second-order valence-electron chi connectivity index (χ2n) is 9.09. The first-order chi connectivity index (χ1) is 12.7. The highest BCUT2D eigenvalue weighted by Crippen LogP contribution is 2.55. The summed E-state index contributed by atoms with van der Waals surface area (Å²) in [6.07, 6.45) is 6.45. The van der Waals surface area contributed by atoms with Crippen molar-refractivity contribution in [2.24, 2.45) is 17.6 Å². The van der Waals surface area contributed by atoms with Crippen molar-refractivity contribution in [3.05, 3.63) is 23.3 Å². The summed E-state index contributed by atoms with van der Waals surface area (Å²) in [5.41, 5.74) is 8.39. The van der Waals surface area contributed by atoms with Crippen LogP contribution in [0.3, 0.4) is 0 Å². The van der Waals surface area contributed by atoms with Gasteiger partial charge in [-0.05, 0) is 69.1 Å². The van der Waals surface area contributed by atoms with E-state index in [2.05, 4.69) is 39.8 Å². The Kier molecular flexibility index (Phi) is 5.85. The number of benzene rings is 1. The van der Waals surface area contributed by atoms with Crippen molar-refractivity contribution in [2.75, 3.05) is 0 Å². The van der Waals surface area contributed by atoms with Crippen LogP contribution < -0.4 is 15.2 Å². The van der Waals surface area contributed by atoms with Crippen LogP contribution in [0.1, 0.15) is 83.8 Å². The number of aryl methyl sites for hydroxylation is 1. The summed E-state index contributed by atoms with van der Waals surface area (Å²) in [6, 6.07) is 4.43. The van der Waals surface area contributed by atoms with Gasteiger partial charge in [0.25, 0.3) is 0 Å². The maximum Gasteiger partial charge on any atom is 0.308 e. The Morgan fingerprint density at radius 3 is 2.70 bits per heavy atom. The number of ether oxygens (including phenoxy) is 2. The molecule has 2 aliphatic rings. The molecule has 3 unspecified atom stereocenters. The Bertz CT molecular complexity index is 697. The molecule has 4 heteroatoms. The third-order valence-electron chi connectivity index (χ3n) is 6.49. The first-order valence-electron chi connectivity index (χ1n) is 10.5. The molecule has 1 heterocycles. The summed E-state index contributed by atoms with van der Waals surface area (Å²) in [6.45, 7) is 10.3. The Balaban J connectivity index is 2.04. The van der Waals surface area contributed by atoms with E-state index in [4.69, 9.17) is 15.2 Å². The minimum atomic E-state index is -0.273. The predicted octanol–water partition coefficient (Wildman–Crippen LogP) is 4.97. The Hall–Kier alpha value is -1.55. The molecule has 0 radical (unpaired) electrons. The molecule has 27 heavy (non-hydrogen) atoms. The molecule has 1 fully saturated rings. The van der Waals surface area contributed by atoms with Crippen molar-refractivity contribution >= 4 is 5.97 Å². The number of hydrogen-bond donors (Lipinski definition) is 1. The number of fused-ring (bicyclic) bond motifs is 3. The third kappa shape index (κ3) is 4.16. The van der Waals surface area contributed by atoms with Crippen LogP contribution in [0.2, 0.25) is 0 Å². The fourth-order valence-electron chi connectivity index (χ4n) is 4.94. The molecule has 1 aliphatic carbocycles. The molecule has 150 valence electrons. The van der Waals surface area contributed by atoms with Gasteiger partial charge in [0.05, 0.1) is 0 Å². The molecule has 1 aromatic rings. The van der Waals surface area contributed by atoms with Crippen molar-refractivity contribution in [1.82, 2.24) is 0 Å². The first-order valence-corrected chi connectivity index (χ1v) is 10.5. The van der Waals surface area contributed by atoms with Crippen LogP contribution >= 0.6 is 0 Å². The standard InChI is InChI=1S/C23H35NO3/c1-6-7-8-9-16-11-20(26-15(3)25)22-17-10-14(2)19(24)13-18(17)23(4,5)27-21(22)12-16/h11-12,14,17-19H,6-10,13,24H2,1-5H3/t14?,17?,18-,19?/m1/s1. The van der Waals surface area contributed by atoms with Gasteiger partial charge in [0.2, 0.25) is 0 Å². The molecule has 1 aliphatic heterocycles. The van der Waals surface area contributed by atoms with Crippen LogP contribution in [-0.2, 0) is 11.2 Å². The topological polar surface area (TPSA) is 61.5 Å². The number of carbonyl (C=O) groups is 1. The van der Waals surface area contributed by atoms with Crippen LogP contribution in [0.5, 0.6) is 11.5 Å². The fraction of sp³-hybridized carbons (Fsp3) is 0.696. The van der Waals surface area contributed by atoms with E-state index >= 15 is 0 Å². The van der Waals surface area contributed by atoms with Crippen LogP contribution in [0.15, 0.2) is 12.1 Å². The summed E-state index contributed by atoms with van der Waals surface area (Å²) in [5, 5.41) is 0. The van der Waals surface area contributed by atoms with Gasteiger partial charge in [-0.2, -0.15) is 0 Å². The molecule has 4 nitrogen and oxygen atoms in total. The van der Waals surface area contributed by atoms with Gasteiger partial charge in [0.1, 0.15) is 17.1 Å². The van der Waals surface area contributed by atoms with Gasteiger partial charge >= 0.3 is 5.97 Å². The molecule has 2 N–H and O–H groups in total. The maximum atomic E-state index is 11.8. The van der Waals surface area contributed by atoms with E-state index in [1.165, 1.54) is 25.3 Å². The Morgan fingerprint density at radius 1 is 1.30 bits per heavy atom. The third-order valence-corrected chi connectivity index (χ3v) is 6.49. The van der Waals surface area contributed by atoms with Crippen LogP contribution in [0.4, 0.5) is 0 Å². The van der Waals surface area contributed by atoms with Crippen LogP contribution in [-0.4, -0.2) is 17.6 Å². The number of esters is 1. The van der Waals surface area contributed by atoms with E-state index in [1.54, 1.807) is 0 Å². The van der Waals surface area contributed by atoms with Gasteiger partial charge in [-0.1, -0.05) is 26.7 Å². The van der Waals surface area contributed by atoms with E-state index < -0.39 is 0 Å². The SMILES string of the molecule is CCCCCc1cc(OC(C)=O)c2c(c1)OC(C)(C)[C@@H]1CC(N)C(C)CC21. The van der Waals surface area contributed by atoms with Gasteiger partial charge < -0.3 is 15.2 Å². The quantitative estimate of drug-likeness (QED) is 0.449. The second-order valence-corrected chi connectivity index (χ2v) is 9.09. The molecule has 4 atom stereocenters. The monoisotopic (exact) mass is 373 g/mol. The predicted molar refractivity (Wildman–Crippen MR) is 108 cm³/mol. The summed E-state index contributed by atoms with van der Waals surface area (Å²) < 4.78 is 12.2. The smallest absolute Gasteiger partial charge is 0.308 e. The van der Waals surface area contributed by atoms with E-state index in [0.29, 0.717) is 23.5 Å². The summed E-state index contributed by atoms with van der Waals surface area (Å²) >= 11 is 0. The molecule has 0 aromatic heterocycles. The molecular formula is C23H35NO3. The second kappa shape index (κ2) is 7.83. The molecular weight excluding hydrogens is 338 g/mol. The number of hydrogen-bond acceptors (Lipinski definition) is 4. The summed E-state index contributed by atoms with van der Waals surface area (Å²) in [4.78, 5) is 11.8. The highest BCUT2D eigenvalue weighted by Gasteiger charge is 2.49. The number of nitrogens with two attached hydrogens (primary N) is 1. The van der Waals surface area contributed by atoms with E-state index in [0.717, 1.165) is 37.0 Å². The highest BCUT2D eigenvalue weighted by molar-refractivity contribution is 5.71. The lowest BCUT2D eigenvalue weighted by Gasteiger charge is -2.50. The molecule has 0 amide bonds. The van der Waals surface area contributed by atoms with Crippen molar-refractivity contribution in [1.29, 1.82) is 0 Å². The van der Waals surface area contributed by atoms with Gasteiger partial charge in [-0.25, -0.2) is 0 Å². The zero-order valence-corrected chi connectivity index (χ0v) is 17.5. The lowest BCUT2D eigenvalue weighted by Crippen LogP contribution is -2.51. The van der Waals surface area contributed by atoms with Crippen molar-refractivity contribution in [2.45, 2.75) is 90.7 Å². The lowest BCUT2D eigenvalue weighted by molar-refractivity contribution is -0.132. The van der Waals surface area contributed by atoms with E-state index in [1.807, 2.05) is 0 Å². The van der Waals surface area contributed by atoms with Crippen molar-refractivity contribution in [3.63, 3.8) is 0 Å².